The zero-order valence-electron chi connectivity index (χ0n) is 22.8. The topological polar surface area (TPSA) is 97.8 Å². The number of nitrogens with one attached hydrogen (secondary N) is 2. The van der Waals surface area contributed by atoms with Crippen LogP contribution in [0.25, 0.3) is 10.9 Å². The minimum Gasteiger partial charge on any atom is -0.494 e. The number of aliphatic imine (C=N–C) groups is 1. The van der Waals surface area contributed by atoms with Gasteiger partial charge in [-0.15, -0.1) is 0 Å². The standard InChI is InChI=1S/C32H31FN4O3S/c1-37(2)20-23-10-15-27(16-11-23)35-31(30-28-17-14-26(33)18-29(28)36-32(30)38)25-12-8-22(9-13-25)19-34-41(39,40)21-24-6-4-3-5-7-24/h3-18,34,36,38H,19-21H2,1-2H3. The summed E-state index contributed by atoms with van der Waals surface area (Å²) in [5.74, 6) is -0.637. The van der Waals surface area contributed by atoms with Gasteiger partial charge >= 0.3 is 0 Å². The average molecular weight is 571 g/mol. The van der Waals surface area contributed by atoms with Crippen LogP contribution in [-0.2, 0) is 28.9 Å². The molecule has 41 heavy (non-hydrogen) atoms. The van der Waals surface area contributed by atoms with Crippen LogP contribution < -0.4 is 4.72 Å². The number of aromatic nitrogens is 1. The molecule has 0 aliphatic rings. The van der Waals surface area contributed by atoms with Crippen molar-refractivity contribution < 1.29 is 17.9 Å². The molecule has 7 nitrogen and oxygen atoms in total. The summed E-state index contributed by atoms with van der Waals surface area (Å²) in [5.41, 5.74) is 5.42. The van der Waals surface area contributed by atoms with Gasteiger partial charge < -0.3 is 15.0 Å². The van der Waals surface area contributed by atoms with Gasteiger partial charge in [-0.05, 0) is 61.1 Å². The second-order valence-electron chi connectivity index (χ2n) is 10.2. The minimum atomic E-state index is -3.52. The van der Waals surface area contributed by atoms with E-state index in [4.69, 9.17) is 4.99 Å². The molecule has 0 atom stereocenters. The van der Waals surface area contributed by atoms with Gasteiger partial charge in [0.2, 0.25) is 10.0 Å². The van der Waals surface area contributed by atoms with Crippen LogP contribution in [0.5, 0.6) is 5.88 Å². The highest BCUT2D eigenvalue weighted by Gasteiger charge is 2.19. The predicted octanol–water partition coefficient (Wildman–Crippen LogP) is 5.86. The van der Waals surface area contributed by atoms with E-state index in [-0.39, 0.29) is 18.2 Å². The monoisotopic (exact) mass is 570 g/mol. The van der Waals surface area contributed by atoms with Crippen LogP contribution in [0.3, 0.4) is 0 Å². The largest absolute Gasteiger partial charge is 0.494 e. The Kier molecular flexibility index (Phi) is 8.30. The normalized spacial score (nSPS) is 12.3. The van der Waals surface area contributed by atoms with Crippen molar-refractivity contribution >= 4 is 32.3 Å². The predicted molar refractivity (Wildman–Crippen MR) is 161 cm³/mol. The third kappa shape index (κ3) is 7.07. The van der Waals surface area contributed by atoms with Crippen LogP contribution in [0.4, 0.5) is 10.1 Å². The number of hydrogen-bond donors (Lipinski definition) is 3. The number of benzene rings is 4. The van der Waals surface area contributed by atoms with E-state index in [0.717, 1.165) is 17.7 Å². The molecule has 0 amide bonds. The van der Waals surface area contributed by atoms with E-state index in [1.54, 1.807) is 18.2 Å². The number of H-pyrrole nitrogens is 1. The Balaban J connectivity index is 1.45. The maximum absolute atomic E-state index is 13.9. The summed E-state index contributed by atoms with van der Waals surface area (Å²) in [4.78, 5) is 9.84. The number of fused-ring (bicyclic) bond motifs is 1. The summed E-state index contributed by atoms with van der Waals surface area (Å²) in [6.07, 6.45) is 0. The molecular weight excluding hydrogens is 539 g/mol. The van der Waals surface area contributed by atoms with Crippen molar-refractivity contribution in [3.63, 3.8) is 0 Å². The Morgan fingerprint density at radius 2 is 1.59 bits per heavy atom. The molecular formula is C32H31FN4O3S. The van der Waals surface area contributed by atoms with Gasteiger partial charge in [0.25, 0.3) is 0 Å². The maximum atomic E-state index is 13.9. The lowest BCUT2D eigenvalue weighted by Crippen LogP contribution is -2.24. The summed E-state index contributed by atoms with van der Waals surface area (Å²) in [6.45, 7) is 0.926. The van der Waals surface area contributed by atoms with Gasteiger partial charge in [-0.3, -0.25) is 0 Å². The lowest BCUT2D eigenvalue weighted by Gasteiger charge is -2.11. The van der Waals surface area contributed by atoms with Crippen molar-refractivity contribution in [3.8, 4) is 5.88 Å². The number of sulfonamides is 1. The molecule has 5 aromatic rings. The molecule has 0 spiro atoms. The van der Waals surface area contributed by atoms with E-state index >= 15 is 0 Å². The highest BCUT2D eigenvalue weighted by Crippen LogP contribution is 2.32. The van der Waals surface area contributed by atoms with Crippen LogP contribution in [0.1, 0.15) is 27.8 Å². The summed E-state index contributed by atoms with van der Waals surface area (Å²) in [7, 11) is 0.485. The fourth-order valence-corrected chi connectivity index (χ4v) is 5.77. The van der Waals surface area contributed by atoms with Gasteiger partial charge in [-0.25, -0.2) is 22.5 Å². The zero-order chi connectivity index (χ0) is 29.0. The number of aromatic hydroxyl groups is 1. The van der Waals surface area contributed by atoms with Crippen LogP contribution in [-0.4, -0.2) is 43.2 Å². The molecule has 0 aliphatic heterocycles. The first-order chi connectivity index (χ1) is 19.7. The molecule has 3 N–H and O–H groups in total. The smallest absolute Gasteiger partial charge is 0.216 e. The molecule has 0 aliphatic carbocycles. The van der Waals surface area contributed by atoms with E-state index in [9.17, 15) is 17.9 Å². The summed E-state index contributed by atoms with van der Waals surface area (Å²) in [5, 5.41) is 11.5. The Hall–Kier alpha value is -4.31. The Bertz CT molecular complexity index is 1780. The molecule has 5 rings (SSSR count). The van der Waals surface area contributed by atoms with Crippen LogP contribution in [0.2, 0.25) is 0 Å². The fraction of sp³-hybridized carbons (Fsp3) is 0.156. The van der Waals surface area contributed by atoms with Crippen LogP contribution >= 0.6 is 0 Å². The van der Waals surface area contributed by atoms with E-state index in [0.29, 0.717) is 39.0 Å². The van der Waals surface area contributed by atoms with Crippen molar-refractivity contribution in [2.24, 2.45) is 4.99 Å². The van der Waals surface area contributed by atoms with Gasteiger partial charge in [-0.2, -0.15) is 0 Å². The molecule has 0 unspecified atom stereocenters. The summed E-state index contributed by atoms with van der Waals surface area (Å²) < 4.78 is 41.7. The van der Waals surface area contributed by atoms with Crippen LogP contribution in [0, 0.1) is 5.82 Å². The van der Waals surface area contributed by atoms with Gasteiger partial charge in [0, 0.05) is 24.0 Å². The third-order valence-electron chi connectivity index (χ3n) is 6.58. The van der Waals surface area contributed by atoms with Crippen molar-refractivity contribution in [1.29, 1.82) is 0 Å². The first-order valence-corrected chi connectivity index (χ1v) is 14.8. The quantitative estimate of drug-likeness (QED) is 0.183. The van der Waals surface area contributed by atoms with E-state index in [1.165, 1.54) is 12.1 Å². The van der Waals surface area contributed by atoms with Crippen molar-refractivity contribution in [1.82, 2.24) is 14.6 Å². The molecule has 1 aromatic heterocycles. The van der Waals surface area contributed by atoms with Crippen molar-refractivity contribution in [2.75, 3.05) is 14.1 Å². The molecule has 210 valence electrons. The molecule has 0 saturated carbocycles. The Labute approximate surface area is 239 Å². The highest BCUT2D eigenvalue weighted by molar-refractivity contribution is 7.88. The number of rotatable bonds is 10. The van der Waals surface area contributed by atoms with E-state index in [2.05, 4.69) is 14.6 Å². The molecule has 0 saturated heterocycles. The maximum Gasteiger partial charge on any atom is 0.216 e. The first kappa shape index (κ1) is 28.2. The van der Waals surface area contributed by atoms with E-state index in [1.807, 2.05) is 80.8 Å². The van der Waals surface area contributed by atoms with E-state index < -0.39 is 15.8 Å². The fourth-order valence-electron chi connectivity index (χ4n) is 4.65. The van der Waals surface area contributed by atoms with Gasteiger partial charge in [-0.1, -0.05) is 66.7 Å². The Morgan fingerprint density at radius 1 is 0.902 bits per heavy atom. The van der Waals surface area contributed by atoms with Crippen LogP contribution in [0.15, 0.2) is 102 Å². The zero-order valence-corrected chi connectivity index (χ0v) is 23.6. The number of nitrogens with zero attached hydrogens (tertiary/aromatic N) is 2. The summed E-state index contributed by atoms with van der Waals surface area (Å²) >= 11 is 0. The lowest BCUT2D eigenvalue weighted by atomic mass is 9.99. The molecule has 4 aromatic carbocycles. The van der Waals surface area contributed by atoms with Crippen molar-refractivity contribution in [2.45, 2.75) is 18.8 Å². The first-order valence-electron chi connectivity index (χ1n) is 13.1. The molecule has 9 heteroatoms. The second-order valence-corrected chi connectivity index (χ2v) is 12.0. The van der Waals surface area contributed by atoms with Gasteiger partial charge in [0.1, 0.15) is 5.82 Å². The summed E-state index contributed by atoms with van der Waals surface area (Å²) in [6, 6.07) is 28.5. The average Bonchev–Trinajstić information content (AvgIpc) is 3.26. The highest BCUT2D eigenvalue weighted by atomic mass is 32.2. The second kappa shape index (κ2) is 12.1. The Morgan fingerprint density at radius 3 is 2.27 bits per heavy atom. The SMILES string of the molecule is CN(C)Cc1ccc(N=C(c2ccc(CNS(=O)(=O)Cc3ccccc3)cc2)c2c(O)[nH]c3cc(F)ccc23)cc1. The number of aromatic amines is 1. The molecule has 0 bridgehead atoms. The number of hydrogen-bond acceptors (Lipinski definition) is 5. The molecule has 1 heterocycles. The van der Waals surface area contributed by atoms with Gasteiger partial charge in [0.05, 0.1) is 28.2 Å². The van der Waals surface area contributed by atoms with Gasteiger partial charge in [0.15, 0.2) is 5.88 Å². The molecule has 0 radical (unpaired) electrons. The molecule has 0 fully saturated rings. The lowest BCUT2D eigenvalue weighted by molar-refractivity contribution is 0.402. The minimum absolute atomic E-state index is 0.101. The third-order valence-corrected chi connectivity index (χ3v) is 7.87. The van der Waals surface area contributed by atoms with Crippen molar-refractivity contribution in [3.05, 3.63) is 131 Å². The number of halogens is 1.